The minimum Gasteiger partial charge on any atom is -0.466 e. The first-order chi connectivity index (χ1) is 5.81. The molecule has 0 N–H and O–H groups in total. The van der Waals surface area contributed by atoms with Gasteiger partial charge in [-0.15, -0.1) is 0 Å². The number of carbonyl (C=O) groups excluding carboxylic acids is 1. The molecule has 3 heteroatoms. The van der Waals surface area contributed by atoms with Gasteiger partial charge in [0, 0.05) is 6.42 Å². The Hall–Kier alpha value is 0.00247. The van der Waals surface area contributed by atoms with Gasteiger partial charge in [0.1, 0.15) is 0 Å². The lowest BCUT2D eigenvalue weighted by Crippen LogP contribution is -2.04. The van der Waals surface area contributed by atoms with Crippen molar-refractivity contribution in [1.29, 1.82) is 0 Å². The van der Waals surface area contributed by atoms with Crippen molar-refractivity contribution in [3.8, 4) is 0 Å². The molecule has 0 aliphatic rings. The average Bonchev–Trinajstić information content (AvgIpc) is 2.05. The lowest BCUT2D eigenvalue weighted by atomic mass is 10.2. The highest BCUT2D eigenvalue weighted by Crippen LogP contribution is 2.00. The predicted octanol–water partition coefficient (Wildman–Crippen LogP) is 1.73. The molecule has 0 amide bonds. The van der Waals surface area contributed by atoms with Gasteiger partial charge in [-0.25, -0.2) is 0 Å². The average molecular weight is 202 g/mol. The molecule has 0 radical (unpaired) electrons. The zero-order chi connectivity index (χ0) is 9.23. The van der Waals surface area contributed by atoms with Gasteiger partial charge in [-0.3, -0.25) is 4.79 Å². The number of carbonyl (C=O) groups is 1. The van der Waals surface area contributed by atoms with Crippen LogP contribution in [0.3, 0.4) is 0 Å². The first kappa shape index (κ1) is 15.5. The Kier molecular flexibility index (Phi) is 14.3. The first-order valence-corrected chi connectivity index (χ1v) is 4.96. The van der Waals surface area contributed by atoms with Crippen molar-refractivity contribution in [3.63, 3.8) is 0 Å². The van der Waals surface area contributed by atoms with Crippen LogP contribution in [0.1, 0.15) is 52.4 Å². The molecular formula is C10H23AlO2. The van der Waals surface area contributed by atoms with Crippen molar-refractivity contribution in [2.75, 3.05) is 6.61 Å². The Labute approximate surface area is 92.2 Å². The monoisotopic (exact) mass is 202 g/mol. The summed E-state index contributed by atoms with van der Waals surface area (Å²) in [6.45, 7) is 4.76. The van der Waals surface area contributed by atoms with E-state index in [1.807, 2.05) is 6.92 Å². The van der Waals surface area contributed by atoms with Gasteiger partial charge in [0.25, 0.3) is 0 Å². The molecule has 0 heterocycles. The van der Waals surface area contributed by atoms with E-state index in [9.17, 15) is 4.79 Å². The van der Waals surface area contributed by atoms with Gasteiger partial charge in [-0.05, 0) is 12.8 Å². The molecule has 78 valence electrons. The summed E-state index contributed by atoms with van der Waals surface area (Å²) in [5.74, 6) is -0.0472. The summed E-state index contributed by atoms with van der Waals surface area (Å²) in [5, 5.41) is 0. The van der Waals surface area contributed by atoms with Crippen molar-refractivity contribution < 1.29 is 9.53 Å². The van der Waals surface area contributed by atoms with Gasteiger partial charge in [0.15, 0.2) is 17.4 Å². The second-order valence-electron chi connectivity index (χ2n) is 3.03. The van der Waals surface area contributed by atoms with E-state index in [-0.39, 0.29) is 23.3 Å². The first-order valence-electron chi connectivity index (χ1n) is 4.96. The smallest absolute Gasteiger partial charge is 0.305 e. The van der Waals surface area contributed by atoms with E-state index in [1.165, 1.54) is 19.3 Å². The Balaban J connectivity index is 0. The molecule has 0 saturated heterocycles. The largest absolute Gasteiger partial charge is 0.466 e. The highest BCUT2D eigenvalue weighted by Gasteiger charge is 1.98. The summed E-state index contributed by atoms with van der Waals surface area (Å²) in [6.07, 6.45) is 6.11. The second kappa shape index (κ2) is 12.0. The number of unbranched alkanes of at least 4 members (excludes halogenated alkanes) is 3. The fraction of sp³-hybridized carbons (Fsp3) is 0.900. The van der Waals surface area contributed by atoms with Crippen molar-refractivity contribution in [2.45, 2.75) is 52.4 Å². The van der Waals surface area contributed by atoms with E-state index >= 15 is 0 Å². The Morgan fingerprint density at radius 2 is 1.77 bits per heavy atom. The van der Waals surface area contributed by atoms with Crippen LogP contribution in [0.2, 0.25) is 0 Å². The maximum absolute atomic E-state index is 10.9. The fourth-order valence-electron chi connectivity index (χ4n) is 0.991. The second-order valence-corrected chi connectivity index (χ2v) is 3.03. The van der Waals surface area contributed by atoms with Gasteiger partial charge in [-0.2, -0.15) is 0 Å². The topological polar surface area (TPSA) is 26.3 Å². The van der Waals surface area contributed by atoms with E-state index in [0.29, 0.717) is 13.0 Å². The van der Waals surface area contributed by atoms with E-state index < -0.39 is 0 Å². The number of hydrogen-bond donors (Lipinski definition) is 0. The maximum Gasteiger partial charge on any atom is 0.305 e. The van der Waals surface area contributed by atoms with E-state index in [4.69, 9.17) is 4.74 Å². The molecule has 0 spiro atoms. The van der Waals surface area contributed by atoms with Crippen LogP contribution >= 0.6 is 0 Å². The molecule has 0 aromatic heterocycles. The summed E-state index contributed by atoms with van der Waals surface area (Å²) in [4.78, 5) is 10.9. The van der Waals surface area contributed by atoms with Gasteiger partial charge in [-0.1, -0.05) is 33.1 Å². The molecule has 0 saturated carbocycles. The molecule has 0 unspecified atom stereocenters. The van der Waals surface area contributed by atoms with Crippen LogP contribution in [-0.2, 0) is 9.53 Å². The standard InChI is InChI=1S/C10H20O2.Al.3H/c1-3-5-6-7-9-12-10(11)8-4-2;;;;/h3-9H2,1-2H3;;;;. The molecule has 0 aliphatic heterocycles. The van der Waals surface area contributed by atoms with Crippen LogP contribution in [0.25, 0.3) is 0 Å². The molecule has 0 bridgehead atoms. The van der Waals surface area contributed by atoms with Gasteiger partial charge in [0.05, 0.1) is 6.61 Å². The fourth-order valence-corrected chi connectivity index (χ4v) is 0.991. The third-order valence-electron chi connectivity index (χ3n) is 1.72. The van der Waals surface area contributed by atoms with Crippen LogP contribution in [0.4, 0.5) is 0 Å². The summed E-state index contributed by atoms with van der Waals surface area (Å²) in [5.41, 5.74) is 0. The van der Waals surface area contributed by atoms with Crippen molar-refractivity contribution >= 4 is 23.3 Å². The summed E-state index contributed by atoms with van der Waals surface area (Å²) < 4.78 is 4.99. The lowest BCUT2D eigenvalue weighted by molar-refractivity contribution is -0.143. The van der Waals surface area contributed by atoms with Crippen LogP contribution in [0.5, 0.6) is 0 Å². The minimum atomic E-state index is -0.0472. The van der Waals surface area contributed by atoms with E-state index in [1.54, 1.807) is 0 Å². The highest BCUT2D eigenvalue weighted by molar-refractivity contribution is 5.75. The Morgan fingerprint density at radius 1 is 1.08 bits per heavy atom. The van der Waals surface area contributed by atoms with Crippen LogP contribution in [0.15, 0.2) is 0 Å². The Morgan fingerprint density at radius 3 is 2.31 bits per heavy atom. The van der Waals surface area contributed by atoms with Crippen LogP contribution in [0, 0.1) is 0 Å². The third kappa shape index (κ3) is 12.0. The molecule has 0 rings (SSSR count). The zero-order valence-corrected chi connectivity index (χ0v) is 8.27. The molecule has 0 fully saturated rings. The summed E-state index contributed by atoms with van der Waals surface area (Å²) in [6, 6.07) is 0. The molecule has 0 atom stereocenters. The van der Waals surface area contributed by atoms with Crippen molar-refractivity contribution in [2.24, 2.45) is 0 Å². The molecule has 0 aliphatic carbocycles. The SMILES string of the molecule is CCCCCCOC(=O)CCC.[AlH3]. The molecule has 13 heavy (non-hydrogen) atoms. The van der Waals surface area contributed by atoms with Gasteiger partial charge >= 0.3 is 5.97 Å². The van der Waals surface area contributed by atoms with Gasteiger partial charge in [0.2, 0.25) is 0 Å². The quantitative estimate of drug-likeness (QED) is 0.357. The number of ether oxygens (including phenoxy) is 1. The van der Waals surface area contributed by atoms with Crippen LogP contribution in [-0.4, -0.2) is 29.9 Å². The number of esters is 1. The minimum absolute atomic E-state index is 0. The van der Waals surface area contributed by atoms with Crippen molar-refractivity contribution in [3.05, 3.63) is 0 Å². The highest BCUT2D eigenvalue weighted by atomic mass is 27.0. The summed E-state index contributed by atoms with van der Waals surface area (Å²) in [7, 11) is 0. The normalized spacial score (nSPS) is 9.08. The Bertz CT molecular complexity index is 115. The van der Waals surface area contributed by atoms with E-state index in [0.717, 1.165) is 12.8 Å². The molecule has 2 nitrogen and oxygen atoms in total. The zero-order valence-electron chi connectivity index (χ0n) is 8.27. The van der Waals surface area contributed by atoms with E-state index in [2.05, 4.69) is 6.92 Å². The maximum atomic E-state index is 10.9. The molecule has 0 aromatic rings. The lowest BCUT2D eigenvalue weighted by Gasteiger charge is -2.02. The van der Waals surface area contributed by atoms with Gasteiger partial charge < -0.3 is 4.74 Å². The number of hydrogen-bond acceptors (Lipinski definition) is 2. The summed E-state index contributed by atoms with van der Waals surface area (Å²) >= 11 is 0. The number of rotatable bonds is 7. The van der Waals surface area contributed by atoms with Crippen LogP contribution < -0.4 is 0 Å². The molecule has 0 aromatic carbocycles. The predicted molar refractivity (Wildman–Crippen MR) is 59.9 cm³/mol. The third-order valence-corrected chi connectivity index (χ3v) is 1.72. The van der Waals surface area contributed by atoms with Crippen molar-refractivity contribution in [1.82, 2.24) is 0 Å². The molecular weight excluding hydrogens is 179 g/mol.